The summed E-state index contributed by atoms with van der Waals surface area (Å²) in [5.41, 5.74) is 3.19. The highest BCUT2D eigenvalue weighted by atomic mass is 32.2. The van der Waals surface area contributed by atoms with Crippen LogP contribution in [0.2, 0.25) is 0 Å². The van der Waals surface area contributed by atoms with E-state index in [1.54, 1.807) is 11.8 Å². The van der Waals surface area contributed by atoms with Crippen molar-refractivity contribution in [1.29, 1.82) is 0 Å². The first kappa shape index (κ1) is 17.2. The van der Waals surface area contributed by atoms with Gasteiger partial charge >= 0.3 is 6.01 Å². The van der Waals surface area contributed by atoms with Gasteiger partial charge in [0.05, 0.1) is 12.8 Å². The van der Waals surface area contributed by atoms with E-state index in [2.05, 4.69) is 27.6 Å². The number of nitrogens with zero attached hydrogens (tertiary/aromatic N) is 2. The van der Waals surface area contributed by atoms with Crippen LogP contribution < -0.4 is 5.32 Å². The minimum Gasteiger partial charge on any atom is -0.407 e. The molecule has 1 aromatic heterocycles. The van der Waals surface area contributed by atoms with E-state index >= 15 is 0 Å². The zero-order chi connectivity index (χ0) is 17.6. The molecule has 0 aliphatic heterocycles. The number of aryl methyl sites for hydroxylation is 1. The van der Waals surface area contributed by atoms with Crippen molar-refractivity contribution >= 4 is 23.7 Å². The van der Waals surface area contributed by atoms with Crippen LogP contribution in [0.15, 0.2) is 57.8 Å². The Hall–Kier alpha value is -2.60. The molecule has 0 aliphatic rings. The number of thioether (sulfide) groups is 1. The molecule has 3 rings (SSSR count). The van der Waals surface area contributed by atoms with Crippen LogP contribution in [0, 0.1) is 6.92 Å². The Kier molecular flexibility index (Phi) is 5.50. The maximum absolute atomic E-state index is 12.1. The molecule has 6 heteroatoms. The number of benzene rings is 2. The number of nitrogens with one attached hydrogen (secondary N) is 1. The van der Waals surface area contributed by atoms with Gasteiger partial charge in [-0.25, -0.2) is 0 Å². The first-order valence-electron chi connectivity index (χ1n) is 7.93. The van der Waals surface area contributed by atoms with E-state index in [0.29, 0.717) is 12.3 Å². The van der Waals surface area contributed by atoms with Crippen LogP contribution in [0.4, 0.5) is 6.01 Å². The molecule has 5 nitrogen and oxygen atoms in total. The zero-order valence-corrected chi connectivity index (χ0v) is 15.0. The first-order chi connectivity index (χ1) is 12.1. The van der Waals surface area contributed by atoms with Crippen molar-refractivity contribution < 1.29 is 9.21 Å². The Morgan fingerprint density at radius 2 is 1.72 bits per heavy atom. The molecule has 128 valence electrons. The second-order valence-electron chi connectivity index (χ2n) is 5.74. The molecule has 2 aromatic carbocycles. The van der Waals surface area contributed by atoms with Gasteiger partial charge in [0.1, 0.15) is 0 Å². The number of rotatable bonds is 6. The zero-order valence-electron chi connectivity index (χ0n) is 14.2. The quantitative estimate of drug-likeness (QED) is 0.681. The maximum atomic E-state index is 12.1. The monoisotopic (exact) mass is 353 g/mol. The van der Waals surface area contributed by atoms with Crippen molar-refractivity contribution in [2.24, 2.45) is 0 Å². The van der Waals surface area contributed by atoms with E-state index in [0.717, 1.165) is 16.7 Å². The van der Waals surface area contributed by atoms with Gasteiger partial charge in [0.25, 0.3) is 0 Å². The third-order valence-corrected chi connectivity index (χ3v) is 4.46. The van der Waals surface area contributed by atoms with Crippen molar-refractivity contribution in [3.8, 4) is 0 Å². The van der Waals surface area contributed by atoms with E-state index in [1.165, 1.54) is 4.90 Å². The van der Waals surface area contributed by atoms with Crippen molar-refractivity contribution in [2.45, 2.75) is 24.7 Å². The predicted molar refractivity (Wildman–Crippen MR) is 98.8 cm³/mol. The van der Waals surface area contributed by atoms with Gasteiger partial charge in [0, 0.05) is 4.90 Å². The molecule has 0 atom stereocenters. The molecule has 1 N–H and O–H groups in total. The number of hydrogen-bond acceptors (Lipinski definition) is 5. The topological polar surface area (TPSA) is 68.0 Å². The number of carbonyl (C=O) groups is 1. The first-order valence-corrected chi connectivity index (χ1v) is 9.15. The van der Waals surface area contributed by atoms with Gasteiger partial charge in [-0.05, 0) is 36.4 Å². The summed E-state index contributed by atoms with van der Waals surface area (Å²) in [4.78, 5) is 13.3. The van der Waals surface area contributed by atoms with E-state index in [4.69, 9.17) is 4.42 Å². The Morgan fingerprint density at radius 3 is 2.40 bits per heavy atom. The van der Waals surface area contributed by atoms with Crippen LogP contribution in [0.5, 0.6) is 0 Å². The molecule has 0 radical (unpaired) electrons. The van der Waals surface area contributed by atoms with Gasteiger partial charge in [-0.2, -0.15) is 0 Å². The lowest BCUT2D eigenvalue weighted by molar-refractivity contribution is -0.115. The van der Waals surface area contributed by atoms with Crippen LogP contribution in [-0.2, 0) is 17.6 Å². The highest BCUT2D eigenvalue weighted by Gasteiger charge is 2.11. The summed E-state index contributed by atoms with van der Waals surface area (Å²) in [6, 6.07) is 16.1. The van der Waals surface area contributed by atoms with E-state index in [9.17, 15) is 4.79 Å². The molecular weight excluding hydrogens is 334 g/mol. The highest BCUT2D eigenvalue weighted by molar-refractivity contribution is 7.98. The summed E-state index contributed by atoms with van der Waals surface area (Å²) < 4.78 is 5.51. The summed E-state index contributed by atoms with van der Waals surface area (Å²) in [6.07, 6.45) is 2.85. The molecule has 0 saturated heterocycles. The Labute approximate surface area is 150 Å². The van der Waals surface area contributed by atoms with Gasteiger partial charge in [0.15, 0.2) is 0 Å². The van der Waals surface area contributed by atoms with Gasteiger partial charge < -0.3 is 4.42 Å². The second kappa shape index (κ2) is 7.98. The Balaban J connectivity index is 1.57. The van der Waals surface area contributed by atoms with Gasteiger partial charge in [0.2, 0.25) is 11.8 Å². The average molecular weight is 353 g/mol. The van der Waals surface area contributed by atoms with Crippen LogP contribution in [-0.4, -0.2) is 22.4 Å². The van der Waals surface area contributed by atoms with E-state index in [1.807, 2.05) is 49.6 Å². The number of anilines is 1. The number of carbonyl (C=O) groups excluding carboxylic acids is 1. The van der Waals surface area contributed by atoms with Crippen molar-refractivity contribution in [3.63, 3.8) is 0 Å². The fraction of sp³-hybridized carbons (Fsp3) is 0.211. The summed E-state index contributed by atoms with van der Waals surface area (Å²) in [6.45, 7) is 2.01. The fourth-order valence-electron chi connectivity index (χ4n) is 2.35. The van der Waals surface area contributed by atoms with Crippen LogP contribution in [0.1, 0.15) is 22.6 Å². The standard InChI is InChI=1S/C19H19N3O2S/c1-13-3-5-14(6-4-13)11-17(23)20-19-22-21-18(24-19)12-15-7-9-16(25-2)10-8-15/h3-10H,11-12H2,1-2H3,(H,20,22,23). The van der Waals surface area contributed by atoms with E-state index in [-0.39, 0.29) is 18.3 Å². The lowest BCUT2D eigenvalue weighted by atomic mass is 10.1. The molecule has 1 heterocycles. The summed E-state index contributed by atoms with van der Waals surface area (Å²) in [5.74, 6) is 0.297. The van der Waals surface area contributed by atoms with Crippen molar-refractivity contribution in [1.82, 2.24) is 10.2 Å². The third kappa shape index (κ3) is 4.93. The minimum atomic E-state index is -0.177. The lowest BCUT2D eigenvalue weighted by Crippen LogP contribution is -2.14. The summed E-state index contributed by atoms with van der Waals surface area (Å²) >= 11 is 1.70. The Morgan fingerprint density at radius 1 is 1.04 bits per heavy atom. The molecule has 1 amide bonds. The maximum Gasteiger partial charge on any atom is 0.322 e. The number of hydrogen-bond donors (Lipinski definition) is 1. The smallest absolute Gasteiger partial charge is 0.322 e. The van der Waals surface area contributed by atoms with Gasteiger partial charge in [-0.3, -0.25) is 10.1 Å². The highest BCUT2D eigenvalue weighted by Crippen LogP contribution is 2.17. The Bertz CT molecular complexity index is 842. The summed E-state index contributed by atoms with van der Waals surface area (Å²) in [7, 11) is 0. The van der Waals surface area contributed by atoms with E-state index < -0.39 is 0 Å². The average Bonchev–Trinajstić information content (AvgIpc) is 3.04. The van der Waals surface area contributed by atoms with Crippen LogP contribution in [0.25, 0.3) is 0 Å². The second-order valence-corrected chi connectivity index (χ2v) is 6.62. The molecule has 0 saturated carbocycles. The molecule has 0 aliphatic carbocycles. The number of amides is 1. The fourth-order valence-corrected chi connectivity index (χ4v) is 2.76. The number of aromatic nitrogens is 2. The molecule has 0 unspecified atom stereocenters. The normalized spacial score (nSPS) is 10.6. The minimum absolute atomic E-state index is 0.132. The molecule has 3 aromatic rings. The molecular formula is C19H19N3O2S. The van der Waals surface area contributed by atoms with Gasteiger partial charge in [-0.1, -0.05) is 47.1 Å². The van der Waals surface area contributed by atoms with Gasteiger partial charge in [-0.15, -0.1) is 16.9 Å². The SMILES string of the molecule is CSc1ccc(Cc2nnc(NC(=O)Cc3ccc(C)cc3)o2)cc1. The summed E-state index contributed by atoms with van der Waals surface area (Å²) in [5, 5.41) is 10.5. The molecule has 0 fully saturated rings. The lowest BCUT2D eigenvalue weighted by Gasteiger charge is -2.02. The molecule has 25 heavy (non-hydrogen) atoms. The molecule has 0 bridgehead atoms. The van der Waals surface area contributed by atoms with Crippen LogP contribution in [0.3, 0.4) is 0 Å². The third-order valence-electron chi connectivity index (χ3n) is 3.71. The molecule has 0 spiro atoms. The largest absolute Gasteiger partial charge is 0.407 e. The van der Waals surface area contributed by atoms with Crippen molar-refractivity contribution in [2.75, 3.05) is 11.6 Å². The van der Waals surface area contributed by atoms with Crippen molar-refractivity contribution in [3.05, 3.63) is 71.1 Å². The van der Waals surface area contributed by atoms with Crippen LogP contribution >= 0.6 is 11.8 Å². The predicted octanol–water partition coefficient (Wildman–Crippen LogP) is 3.87.